The maximum absolute atomic E-state index is 11.7. The van der Waals surface area contributed by atoms with Gasteiger partial charge >= 0.3 is 5.24 Å². The van der Waals surface area contributed by atoms with Gasteiger partial charge < -0.3 is 4.74 Å². The van der Waals surface area contributed by atoms with Crippen LogP contribution in [-0.4, -0.2) is 27.9 Å². The fourth-order valence-electron chi connectivity index (χ4n) is 3.16. The number of ether oxygens (including phenoxy) is 1. The fourth-order valence-corrected chi connectivity index (χ4v) is 6.27. The first-order valence-electron chi connectivity index (χ1n) is 6.41. The molecule has 1 saturated heterocycles. The van der Waals surface area contributed by atoms with Gasteiger partial charge in [0.1, 0.15) is 5.75 Å². The second-order valence-electron chi connectivity index (χ2n) is 5.65. The molecule has 0 N–H and O–H groups in total. The average molecular weight is 370 g/mol. The lowest BCUT2D eigenvalue weighted by molar-refractivity contribution is 0.128. The highest BCUT2D eigenvalue weighted by Crippen LogP contribution is 2.57. The quantitative estimate of drug-likeness (QED) is 0.682. The van der Waals surface area contributed by atoms with Crippen molar-refractivity contribution in [1.29, 1.82) is 0 Å². The third-order valence-electron chi connectivity index (χ3n) is 4.14. The largest absolute Gasteiger partial charge is 0.493 e. The molecule has 6 heteroatoms. The second-order valence-corrected chi connectivity index (χ2v) is 8.65. The molecule has 3 nitrogen and oxygen atoms in total. The van der Waals surface area contributed by atoms with E-state index in [0.29, 0.717) is 12.5 Å². The Bertz CT molecular complexity index is 648. The number of benzene rings is 1. The van der Waals surface area contributed by atoms with Crippen molar-refractivity contribution >= 4 is 49.7 Å². The van der Waals surface area contributed by atoms with Gasteiger partial charge in [-0.15, -0.1) is 11.8 Å². The Morgan fingerprint density at radius 2 is 2.35 bits per heavy atom. The number of aliphatic imine (C=N–C) groups is 1. The second kappa shape index (κ2) is 4.52. The van der Waals surface area contributed by atoms with Crippen molar-refractivity contribution in [2.75, 3.05) is 12.4 Å². The van der Waals surface area contributed by atoms with Gasteiger partial charge in [0.2, 0.25) is 0 Å². The molecule has 4 rings (SSSR count). The molecule has 20 heavy (non-hydrogen) atoms. The molecule has 0 saturated carbocycles. The molecule has 1 amide bonds. The predicted molar refractivity (Wildman–Crippen MR) is 87.2 cm³/mol. The van der Waals surface area contributed by atoms with Gasteiger partial charge in [-0.2, -0.15) is 0 Å². The molecule has 0 aromatic heterocycles. The number of amides is 1. The highest BCUT2D eigenvalue weighted by Gasteiger charge is 2.53. The van der Waals surface area contributed by atoms with E-state index in [-0.39, 0.29) is 15.9 Å². The molecule has 3 aliphatic heterocycles. The van der Waals surface area contributed by atoms with Gasteiger partial charge in [-0.3, -0.25) is 4.79 Å². The van der Waals surface area contributed by atoms with E-state index < -0.39 is 0 Å². The Labute approximate surface area is 134 Å². The van der Waals surface area contributed by atoms with Crippen molar-refractivity contribution in [3.05, 3.63) is 28.2 Å². The summed E-state index contributed by atoms with van der Waals surface area (Å²) in [4.78, 5) is 15.9. The summed E-state index contributed by atoms with van der Waals surface area (Å²) in [6, 6.07) is 6.15. The molecule has 0 spiro atoms. The summed E-state index contributed by atoms with van der Waals surface area (Å²) in [7, 11) is 0. The number of carbonyl (C=O) groups is 1. The lowest BCUT2D eigenvalue weighted by Crippen LogP contribution is -2.47. The molecular weight excluding hydrogens is 358 g/mol. The summed E-state index contributed by atoms with van der Waals surface area (Å²) in [6.07, 6.45) is 0. The van der Waals surface area contributed by atoms with Gasteiger partial charge in [0, 0.05) is 27.1 Å². The smallest absolute Gasteiger partial charge is 0.306 e. The molecule has 3 unspecified atom stereocenters. The fraction of sp³-hybridized carbons (Fsp3) is 0.429. The molecule has 1 aromatic rings. The Kier molecular flexibility index (Phi) is 2.98. The van der Waals surface area contributed by atoms with E-state index >= 15 is 0 Å². The minimum absolute atomic E-state index is 0.0511. The van der Waals surface area contributed by atoms with Crippen LogP contribution in [0.1, 0.15) is 18.4 Å². The van der Waals surface area contributed by atoms with Crippen LogP contribution in [0.2, 0.25) is 0 Å². The number of fused-ring (bicyclic) bond motifs is 5. The monoisotopic (exact) mass is 369 g/mol. The van der Waals surface area contributed by atoms with Crippen LogP contribution in [-0.2, 0) is 0 Å². The molecule has 0 aliphatic carbocycles. The molecule has 3 aliphatic rings. The van der Waals surface area contributed by atoms with Crippen LogP contribution >= 0.6 is 39.5 Å². The van der Waals surface area contributed by atoms with E-state index in [0.717, 1.165) is 21.0 Å². The van der Waals surface area contributed by atoms with Crippen molar-refractivity contribution in [1.82, 2.24) is 0 Å². The minimum Gasteiger partial charge on any atom is -0.493 e. The molecule has 3 atom stereocenters. The summed E-state index contributed by atoms with van der Waals surface area (Å²) >= 11 is 6.63. The van der Waals surface area contributed by atoms with Crippen molar-refractivity contribution < 1.29 is 9.53 Å². The van der Waals surface area contributed by atoms with Crippen molar-refractivity contribution in [2.24, 2.45) is 10.4 Å². The van der Waals surface area contributed by atoms with Crippen LogP contribution in [0, 0.1) is 5.41 Å². The highest BCUT2D eigenvalue weighted by atomic mass is 79.9. The van der Waals surface area contributed by atoms with E-state index in [1.54, 1.807) is 11.8 Å². The predicted octanol–water partition coefficient (Wildman–Crippen LogP) is 4.31. The molecule has 1 fully saturated rings. The molecular formula is C14H12BrNO2S2. The summed E-state index contributed by atoms with van der Waals surface area (Å²) in [6.45, 7) is 2.96. The molecule has 0 bridgehead atoms. The number of rotatable bonds is 0. The Morgan fingerprint density at radius 3 is 3.20 bits per heavy atom. The number of nitrogens with zero attached hydrogens (tertiary/aromatic N) is 1. The Hall–Kier alpha value is -0.460. The third kappa shape index (κ3) is 1.88. The topological polar surface area (TPSA) is 38.7 Å². The highest BCUT2D eigenvalue weighted by molar-refractivity contribution is 9.10. The lowest BCUT2D eigenvalue weighted by atomic mass is 9.71. The van der Waals surface area contributed by atoms with Crippen LogP contribution in [0.5, 0.6) is 5.75 Å². The summed E-state index contributed by atoms with van der Waals surface area (Å²) < 4.78 is 7.01. The first-order chi connectivity index (χ1) is 9.57. The first-order valence-corrected chi connectivity index (χ1v) is 9.07. The van der Waals surface area contributed by atoms with Crippen LogP contribution in [0.3, 0.4) is 0 Å². The number of hydrogen-bond acceptors (Lipinski definition) is 4. The molecule has 1 aromatic carbocycles. The van der Waals surface area contributed by atoms with Crippen LogP contribution in [0.15, 0.2) is 27.7 Å². The van der Waals surface area contributed by atoms with E-state index in [4.69, 9.17) is 4.74 Å². The zero-order valence-electron chi connectivity index (χ0n) is 10.8. The van der Waals surface area contributed by atoms with Crippen molar-refractivity contribution in [3.8, 4) is 5.75 Å². The first kappa shape index (κ1) is 13.2. The third-order valence-corrected chi connectivity index (χ3v) is 7.27. The maximum atomic E-state index is 11.7. The van der Waals surface area contributed by atoms with Gasteiger partial charge in [0.05, 0.1) is 16.9 Å². The van der Waals surface area contributed by atoms with Crippen LogP contribution in [0.4, 0.5) is 4.79 Å². The number of hydrogen-bond donors (Lipinski definition) is 0. The summed E-state index contributed by atoms with van der Waals surface area (Å²) in [5, 5.41) is 1.10. The van der Waals surface area contributed by atoms with Gasteiger partial charge in [0.25, 0.3) is 0 Å². The zero-order valence-corrected chi connectivity index (χ0v) is 14.0. The van der Waals surface area contributed by atoms with E-state index in [9.17, 15) is 4.79 Å². The Morgan fingerprint density at radius 1 is 1.50 bits per heavy atom. The molecule has 0 radical (unpaired) electrons. The standard InChI is InChI=1S/C14H12BrNO2S2/c1-14-5-18-9-3-2-7(15)4-8(9)10(14)11-12(19-6-14)16-13(17)20-11/h2-4,10-11H,5-6H2,1H3. The maximum Gasteiger partial charge on any atom is 0.306 e. The number of halogens is 1. The number of thioether (sulfide) groups is 2. The minimum atomic E-state index is -0.0511. The number of carbonyl (C=O) groups excluding carboxylic acids is 1. The van der Waals surface area contributed by atoms with Gasteiger partial charge in [-0.25, -0.2) is 4.99 Å². The van der Waals surface area contributed by atoms with Gasteiger partial charge in [-0.1, -0.05) is 34.6 Å². The lowest BCUT2D eigenvalue weighted by Gasteiger charge is -2.47. The van der Waals surface area contributed by atoms with Crippen LogP contribution < -0.4 is 4.74 Å². The normalized spacial score (nSPS) is 34.7. The van der Waals surface area contributed by atoms with Crippen molar-refractivity contribution in [3.63, 3.8) is 0 Å². The van der Waals surface area contributed by atoms with Gasteiger partial charge in [0.15, 0.2) is 0 Å². The van der Waals surface area contributed by atoms with E-state index in [1.807, 2.05) is 12.1 Å². The van der Waals surface area contributed by atoms with E-state index in [2.05, 4.69) is 33.9 Å². The van der Waals surface area contributed by atoms with Crippen LogP contribution in [0.25, 0.3) is 0 Å². The summed E-state index contributed by atoms with van der Waals surface area (Å²) in [5.41, 5.74) is 1.26. The SMILES string of the molecule is CC12COc3ccc(Br)cc3C1C1SC(=O)N=C1SC2. The average Bonchev–Trinajstić information content (AvgIpc) is 2.78. The Balaban J connectivity index is 1.86. The van der Waals surface area contributed by atoms with Gasteiger partial charge in [-0.05, 0) is 18.2 Å². The van der Waals surface area contributed by atoms with E-state index in [1.165, 1.54) is 17.3 Å². The molecule has 104 valence electrons. The molecule has 3 heterocycles. The summed E-state index contributed by atoms with van der Waals surface area (Å²) in [5.74, 6) is 2.19. The zero-order chi connectivity index (χ0) is 13.9. The van der Waals surface area contributed by atoms with Crippen molar-refractivity contribution in [2.45, 2.75) is 18.1 Å².